The molecule has 0 aliphatic rings. The zero-order valence-corrected chi connectivity index (χ0v) is 17.4. The number of nitrogens with two attached hydrogens (primary N) is 6. The Morgan fingerprint density at radius 3 is 0.774 bits per heavy atom. The average Bonchev–Trinajstić information content (AvgIpc) is 2.39. The molecule has 31 heavy (non-hydrogen) atoms. The molecule has 0 atom stereocenters. The van der Waals surface area contributed by atoms with Gasteiger partial charge in [-0.3, -0.25) is 0 Å². The Kier molecular flexibility index (Phi) is 10.0. The summed E-state index contributed by atoms with van der Waals surface area (Å²) in [7, 11) is -16.2. The molecule has 2 rings (SSSR count). The van der Waals surface area contributed by atoms with Crippen LogP contribution in [-0.2, 0) is 22.3 Å². The van der Waals surface area contributed by atoms with E-state index >= 15 is 0 Å². The van der Waals surface area contributed by atoms with Crippen molar-refractivity contribution in [2.45, 2.75) is 0 Å². The topological polar surface area (TPSA) is 404 Å². The van der Waals surface area contributed by atoms with Gasteiger partial charge in [0, 0.05) is 0 Å². The summed E-state index contributed by atoms with van der Waals surface area (Å²) in [6.07, 6.45) is 0. The number of anilines is 6. The molecular formula is C6H17N12O10P3. The van der Waals surface area contributed by atoms with E-state index in [4.69, 9.17) is 58.9 Å². The maximum atomic E-state index is 10.4. The first-order valence-corrected chi connectivity index (χ1v) is 11.2. The van der Waals surface area contributed by atoms with Gasteiger partial charge >= 0.3 is 23.5 Å². The van der Waals surface area contributed by atoms with Crippen LogP contribution >= 0.6 is 23.5 Å². The SMILES string of the molecule is Nc1nc(N)nc(N)n1.Nc1nc(N)nc(N)n1.O=P(O)(O)OP(=O)(O)OP(=O)(O)O. The van der Waals surface area contributed by atoms with E-state index in [0.29, 0.717) is 0 Å². The smallest absolute Gasteiger partial charge is 0.368 e. The van der Waals surface area contributed by atoms with Crippen LogP contribution < -0.4 is 34.4 Å². The quantitative estimate of drug-likeness (QED) is 0.178. The van der Waals surface area contributed by atoms with E-state index in [-0.39, 0.29) is 35.7 Å². The second kappa shape index (κ2) is 11.0. The van der Waals surface area contributed by atoms with Crippen LogP contribution in [0.4, 0.5) is 35.7 Å². The van der Waals surface area contributed by atoms with E-state index in [9.17, 15) is 13.7 Å². The summed E-state index contributed by atoms with van der Waals surface area (Å²) in [5.41, 5.74) is 30.8. The molecule has 17 N–H and O–H groups in total. The predicted molar refractivity (Wildman–Crippen MR) is 102 cm³/mol. The van der Waals surface area contributed by atoms with Crippen molar-refractivity contribution in [3.63, 3.8) is 0 Å². The fourth-order valence-corrected chi connectivity index (χ4v) is 3.68. The largest absolute Gasteiger partial charge is 0.490 e. The lowest BCUT2D eigenvalue weighted by Gasteiger charge is -2.11. The van der Waals surface area contributed by atoms with Gasteiger partial charge in [-0.05, 0) is 0 Å². The van der Waals surface area contributed by atoms with Crippen LogP contribution in [0.3, 0.4) is 0 Å². The molecule has 0 radical (unpaired) electrons. The standard InChI is InChI=1S/2C3H6N6.H5O10P3/c2*4-1-7-2(5)9-3(6)8-1;1-11(2,3)9-13(7,8)10-12(4,5)6/h2*(H6,4,5,6,7,8,9);(H,7,8)(H2,1,2,3)(H2,4,5,6). The highest BCUT2D eigenvalue weighted by Crippen LogP contribution is 2.64. The van der Waals surface area contributed by atoms with Crippen molar-refractivity contribution in [3.05, 3.63) is 0 Å². The van der Waals surface area contributed by atoms with Crippen LogP contribution in [0.2, 0.25) is 0 Å². The van der Waals surface area contributed by atoms with Crippen molar-refractivity contribution in [1.29, 1.82) is 0 Å². The summed E-state index contributed by atoms with van der Waals surface area (Å²) in [5, 5.41) is 0. The molecule has 0 amide bonds. The molecule has 0 fully saturated rings. The Morgan fingerprint density at radius 2 is 0.645 bits per heavy atom. The summed E-state index contributed by atoms with van der Waals surface area (Å²) in [5.74, 6) is 0.250. The van der Waals surface area contributed by atoms with Crippen molar-refractivity contribution in [2.75, 3.05) is 34.4 Å². The molecule has 0 spiro atoms. The van der Waals surface area contributed by atoms with Gasteiger partial charge in [-0.1, -0.05) is 0 Å². The first kappa shape index (κ1) is 28.2. The molecule has 0 aromatic carbocycles. The molecule has 22 nitrogen and oxygen atoms in total. The predicted octanol–water partition coefficient (Wildman–Crippen LogP) is -3.46. The van der Waals surface area contributed by atoms with Crippen molar-refractivity contribution < 1.29 is 46.8 Å². The maximum absolute atomic E-state index is 10.4. The molecule has 2 aromatic heterocycles. The molecular weight excluding hydrogens is 493 g/mol. The van der Waals surface area contributed by atoms with Crippen molar-refractivity contribution in [1.82, 2.24) is 29.9 Å². The van der Waals surface area contributed by atoms with E-state index < -0.39 is 23.5 Å². The van der Waals surface area contributed by atoms with Gasteiger partial charge in [-0.2, -0.15) is 38.5 Å². The number of nitrogen functional groups attached to an aromatic ring is 6. The van der Waals surface area contributed by atoms with Gasteiger partial charge in [0.15, 0.2) is 0 Å². The van der Waals surface area contributed by atoms with E-state index in [0.717, 1.165) is 0 Å². The molecule has 0 saturated carbocycles. The highest BCUT2D eigenvalue weighted by atomic mass is 31.3. The zero-order valence-electron chi connectivity index (χ0n) is 14.8. The minimum absolute atomic E-state index is 0.0417. The minimum atomic E-state index is -5.46. The second-order valence-corrected chi connectivity index (χ2v) is 8.64. The summed E-state index contributed by atoms with van der Waals surface area (Å²) >= 11 is 0. The summed E-state index contributed by atoms with van der Waals surface area (Å²) < 4.78 is 36.4. The van der Waals surface area contributed by atoms with Crippen LogP contribution in [-0.4, -0.2) is 54.4 Å². The van der Waals surface area contributed by atoms with Gasteiger partial charge in [0.05, 0.1) is 0 Å². The second-order valence-electron chi connectivity index (χ2n) is 4.43. The van der Waals surface area contributed by atoms with Gasteiger partial charge in [-0.15, -0.1) is 0 Å². The molecule has 0 saturated heterocycles. The average molecular weight is 510 g/mol. The van der Waals surface area contributed by atoms with Crippen LogP contribution in [0.5, 0.6) is 0 Å². The summed E-state index contributed by atoms with van der Waals surface area (Å²) in [6, 6.07) is 0. The molecule has 0 aliphatic carbocycles. The van der Waals surface area contributed by atoms with Gasteiger partial charge < -0.3 is 58.9 Å². The number of hydrogen-bond donors (Lipinski definition) is 11. The lowest BCUT2D eigenvalue weighted by atomic mass is 10.9. The first-order chi connectivity index (χ1) is 13.8. The van der Waals surface area contributed by atoms with E-state index in [1.54, 1.807) is 0 Å². The molecule has 0 unspecified atom stereocenters. The van der Waals surface area contributed by atoms with Crippen molar-refractivity contribution >= 4 is 59.2 Å². The van der Waals surface area contributed by atoms with Gasteiger partial charge in [0.1, 0.15) is 0 Å². The minimum Gasteiger partial charge on any atom is -0.368 e. The first-order valence-electron chi connectivity index (χ1n) is 6.69. The van der Waals surface area contributed by atoms with Gasteiger partial charge in [0.2, 0.25) is 35.7 Å². The fraction of sp³-hybridized carbons (Fsp3) is 0. The molecule has 0 aliphatic heterocycles. The number of rotatable bonds is 4. The van der Waals surface area contributed by atoms with Crippen LogP contribution in [0.15, 0.2) is 0 Å². The van der Waals surface area contributed by atoms with Gasteiger partial charge in [0.25, 0.3) is 0 Å². The van der Waals surface area contributed by atoms with E-state index in [1.807, 2.05) is 0 Å². The highest BCUT2D eigenvalue weighted by molar-refractivity contribution is 7.66. The number of nitrogens with zero attached hydrogens (tertiary/aromatic N) is 6. The van der Waals surface area contributed by atoms with Crippen molar-refractivity contribution in [3.8, 4) is 0 Å². The third-order valence-electron chi connectivity index (χ3n) is 1.79. The lowest BCUT2D eigenvalue weighted by Crippen LogP contribution is -2.05. The summed E-state index contributed by atoms with van der Waals surface area (Å²) in [6.45, 7) is 0. The van der Waals surface area contributed by atoms with Gasteiger partial charge in [-0.25, -0.2) is 13.7 Å². The maximum Gasteiger partial charge on any atom is 0.490 e. The molecule has 176 valence electrons. The Hall–Kier alpha value is -2.77. The third-order valence-corrected chi connectivity index (χ3v) is 5.15. The Morgan fingerprint density at radius 1 is 0.484 bits per heavy atom. The Balaban J connectivity index is 0.000000445. The van der Waals surface area contributed by atoms with Crippen LogP contribution in [0, 0.1) is 0 Å². The van der Waals surface area contributed by atoms with E-state index in [2.05, 4.69) is 38.5 Å². The fourth-order valence-electron chi connectivity index (χ4n) is 1.14. The zero-order chi connectivity index (χ0) is 24.6. The Bertz CT molecular complexity index is 848. The number of hydrogen-bond acceptors (Lipinski definition) is 17. The lowest BCUT2D eigenvalue weighted by molar-refractivity contribution is 0.204. The molecule has 0 bridgehead atoms. The normalized spacial score (nSPS) is 11.5. The molecule has 2 heterocycles. The molecule has 2 aromatic rings. The number of phosphoric acid groups is 3. The molecule has 25 heteroatoms. The van der Waals surface area contributed by atoms with Crippen LogP contribution in [0.25, 0.3) is 0 Å². The van der Waals surface area contributed by atoms with Crippen molar-refractivity contribution in [2.24, 2.45) is 0 Å². The third kappa shape index (κ3) is 15.7. The highest BCUT2D eigenvalue weighted by Gasteiger charge is 2.38. The number of aromatic nitrogens is 6. The monoisotopic (exact) mass is 510 g/mol. The van der Waals surface area contributed by atoms with Crippen LogP contribution in [0.1, 0.15) is 0 Å². The van der Waals surface area contributed by atoms with E-state index in [1.165, 1.54) is 0 Å². The Labute approximate surface area is 171 Å². The summed E-state index contributed by atoms with van der Waals surface area (Å²) in [4.78, 5) is 61.1.